The third kappa shape index (κ3) is 4.51. The summed E-state index contributed by atoms with van der Waals surface area (Å²) in [5.41, 5.74) is 2.05. The minimum atomic E-state index is -4.52. The van der Waals surface area contributed by atoms with E-state index in [1.165, 1.54) is 24.3 Å². The van der Waals surface area contributed by atoms with Crippen LogP contribution < -0.4 is 0 Å². The van der Waals surface area contributed by atoms with E-state index in [0.717, 1.165) is 30.7 Å². The van der Waals surface area contributed by atoms with Crippen molar-refractivity contribution in [2.45, 2.75) is 57.5 Å². The Labute approximate surface area is 189 Å². The van der Waals surface area contributed by atoms with Crippen LogP contribution in [0.5, 0.6) is 0 Å². The van der Waals surface area contributed by atoms with Gasteiger partial charge in [0.15, 0.2) is 6.17 Å². The van der Waals surface area contributed by atoms with E-state index in [-0.39, 0.29) is 17.0 Å². The molecular formula is C26H24F5NO. The third-order valence-electron chi connectivity index (χ3n) is 6.07. The fourth-order valence-electron chi connectivity index (χ4n) is 4.47. The Morgan fingerprint density at radius 1 is 1.00 bits per heavy atom. The van der Waals surface area contributed by atoms with Gasteiger partial charge in [0.25, 0.3) is 0 Å². The lowest BCUT2D eigenvalue weighted by atomic mass is 9.80. The second-order valence-electron chi connectivity index (χ2n) is 8.70. The quantitative estimate of drug-likeness (QED) is 0.409. The summed E-state index contributed by atoms with van der Waals surface area (Å²) in [6.45, 7) is 3.73. The summed E-state index contributed by atoms with van der Waals surface area (Å²) in [6, 6.07) is 9.55. The average Bonchev–Trinajstić information content (AvgIpc) is 2.77. The first-order chi connectivity index (χ1) is 15.6. The summed E-state index contributed by atoms with van der Waals surface area (Å²) in [4.78, 5) is 4.72. The van der Waals surface area contributed by atoms with E-state index in [2.05, 4.69) is 0 Å². The van der Waals surface area contributed by atoms with Crippen LogP contribution in [0.1, 0.15) is 78.5 Å². The largest absolute Gasteiger partial charge is 0.416 e. The zero-order valence-electron chi connectivity index (χ0n) is 18.3. The standard InChI is InChI=1S/C26H24F5NO/c1-14(2)25-23(24(28)16-6-10-17(11-7-16)26(29,30)31)21(15-8-12-18(27)13-9-15)22-19(32-25)4-3-5-20(22)33/h6-14,20,24,33H,3-5H2,1-2H3. The summed E-state index contributed by atoms with van der Waals surface area (Å²) in [5.74, 6) is -0.636. The van der Waals surface area contributed by atoms with Crippen LogP contribution in [0.4, 0.5) is 22.0 Å². The van der Waals surface area contributed by atoms with E-state index in [4.69, 9.17) is 4.98 Å². The number of aliphatic hydroxyl groups is 1. The molecule has 0 aliphatic heterocycles. The smallest absolute Gasteiger partial charge is 0.388 e. The molecule has 4 rings (SSSR count). The lowest BCUT2D eigenvalue weighted by Crippen LogP contribution is -2.18. The summed E-state index contributed by atoms with van der Waals surface area (Å²) < 4.78 is 68.8. The molecule has 1 aliphatic rings. The molecule has 0 saturated heterocycles. The molecule has 0 radical (unpaired) electrons. The maximum Gasteiger partial charge on any atom is 0.416 e. The van der Waals surface area contributed by atoms with Gasteiger partial charge in [-0.2, -0.15) is 13.2 Å². The number of hydrogen-bond acceptors (Lipinski definition) is 2. The van der Waals surface area contributed by atoms with Crippen LogP contribution in [-0.2, 0) is 12.6 Å². The highest BCUT2D eigenvalue weighted by Crippen LogP contribution is 2.46. The summed E-state index contributed by atoms with van der Waals surface area (Å²) >= 11 is 0. The number of benzene rings is 2. The molecule has 0 bridgehead atoms. The highest BCUT2D eigenvalue weighted by Gasteiger charge is 2.34. The second-order valence-corrected chi connectivity index (χ2v) is 8.70. The van der Waals surface area contributed by atoms with Gasteiger partial charge in [-0.25, -0.2) is 8.78 Å². The Morgan fingerprint density at radius 2 is 1.64 bits per heavy atom. The van der Waals surface area contributed by atoms with Crippen molar-refractivity contribution in [3.63, 3.8) is 0 Å². The molecule has 2 nitrogen and oxygen atoms in total. The molecule has 2 atom stereocenters. The summed E-state index contributed by atoms with van der Waals surface area (Å²) in [5, 5.41) is 10.8. The molecule has 1 N–H and O–H groups in total. The van der Waals surface area contributed by atoms with Crippen LogP contribution in [0.2, 0.25) is 0 Å². The first kappa shape index (κ1) is 23.4. The van der Waals surface area contributed by atoms with E-state index in [1.54, 1.807) is 0 Å². The van der Waals surface area contributed by atoms with Gasteiger partial charge in [0, 0.05) is 16.8 Å². The fourth-order valence-corrected chi connectivity index (χ4v) is 4.47. The van der Waals surface area contributed by atoms with E-state index in [0.29, 0.717) is 40.9 Å². The lowest BCUT2D eigenvalue weighted by molar-refractivity contribution is -0.137. The maximum absolute atomic E-state index is 16.2. The Kier molecular flexibility index (Phi) is 6.27. The number of aromatic nitrogens is 1. The van der Waals surface area contributed by atoms with Gasteiger partial charge >= 0.3 is 6.18 Å². The molecule has 1 aliphatic carbocycles. The van der Waals surface area contributed by atoms with Gasteiger partial charge in [-0.3, -0.25) is 4.98 Å². The molecule has 1 heterocycles. The van der Waals surface area contributed by atoms with Crippen LogP contribution in [0.25, 0.3) is 11.1 Å². The third-order valence-corrected chi connectivity index (χ3v) is 6.07. The fraction of sp³-hybridized carbons (Fsp3) is 0.346. The predicted molar refractivity (Wildman–Crippen MR) is 116 cm³/mol. The zero-order valence-corrected chi connectivity index (χ0v) is 18.3. The van der Waals surface area contributed by atoms with Gasteiger partial charge in [0.1, 0.15) is 5.82 Å². The molecule has 0 amide bonds. The van der Waals surface area contributed by atoms with E-state index >= 15 is 4.39 Å². The SMILES string of the molecule is CC(C)c1nc2c(c(-c3ccc(F)cc3)c1C(F)c1ccc(C(F)(F)F)cc1)C(O)CCC2. The number of rotatable bonds is 4. The summed E-state index contributed by atoms with van der Waals surface area (Å²) in [6.07, 6.45) is -5.32. The van der Waals surface area contributed by atoms with Gasteiger partial charge in [0.05, 0.1) is 17.4 Å². The molecule has 33 heavy (non-hydrogen) atoms. The molecule has 3 aromatic rings. The van der Waals surface area contributed by atoms with Crippen molar-refractivity contribution in [3.8, 4) is 11.1 Å². The number of alkyl halides is 4. The molecule has 1 aromatic heterocycles. The average molecular weight is 461 g/mol. The normalized spacial score (nSPS) is 17.2. The van der Waals surface area contributed by atoms with Crippen molar-refractivity contribution >= 4 is 0 Å². The number of pyridine rings is 1. The van der Waals surface area contributed by atoms with Crippen LogP contribution in [-0.4, -0.2) is 10.1 Å². The lowest BCUT2D eigenvalue weighted by Gasteiger charge is -2.30. The number of aliphatic hydroxyl groups excluding tert-OH is 1. The maximum atomic E-state index is 16.2. The highest BCUT2D eigenvalue weighted by molar-refractivity contribution is 5.75. The van der Waals surface area contributed by atoms with Crippen molar-refractivity contribution in [2.75, 3.05) is 0 Å². The minimum Gasteiger partial charge on any atom is -0.388 e. The molecule has 174 valence electrons. The molecule has 2 aromatic carbocycles. The molecule has 7 heteroatoms. The van der Waals surface area contributed by atoms with Crippen LogP contribution in [0.15, 0.2) is 48.5 Å². The molecule has 0 spiro atoms. The Balaban J connectivity index is 1.97. The molecule has 0 saturated carbocycles. The minimum absolute atomic E-state index is 0.0558. The zero-order chi connectivity index (χ0) is 23.9. The monoisotopic (exact) mass is 461 g/mol. The molecular weight excluding hydrogens is 437 g/mol. The van der Waals surface area contributed by atoms with E-state index in [1.807, 2.05) is 13.8 Å². The number of nitrogens with zero attached hydrogens (tertiary/aromatic N) is 1. The van der Waals surface area contributed by atoms with Crippen molar-refractivity contribution in [3.05, 3.63) is 88.0 Å². The number of fused-ring (bicyclic) bond motifs is 1. The molecule has 0 fully saturated rings. The second kappa shape index (κ2) is 8.86. The van der Waals surface area contributed by atoms with Gasteiger partial charge < -0.3 is 5.11 Å². The van der Waals surface area contributed by atoms with Crippen molar-refractivity contribution in [2.24, 2.45) is 0 Å². The van der Waals surface area contributed by atoms with Gasteiger partial charge in [0.2, 0.25) is 0 Å². The van der Waals surface area contributed by atoms with E-state index < -0.39 is 29.8 Å². The van der Waals surface area contributed by atoms with Crippen molar-refractivity contribution < 1.29 is 27.1 Å². The Hall–Kier alpha value is -2.80. The molecule has 2 unspecified atom stereocenters. The summed E-state index contributed by atoms with van der Waals surface area (Å²) in [7, 11) is 0. The Morgan fingerprint density at radius 3 is 2.21 bits per heavy atom. The number of hydrogen-bond donors (Lipinski definition) is 1. The first-order valence-electron chi connectivity index (χ1n) is 10.9. The number of aryl methyl sites for hydroxylation is 1. The highest BCUT2D eigenvalue weighted by atomic mass is 19.4. The van der Waals surface area contributed by atoms with E-state index in [9.17, 15) is 22.7 Å². The van der Waals surface area contributed by atoms with Gasteiger partial charge in [-0.05, 0) is 66.1 Å². The van der Waals surface area contributed by atoms with Gasteiger partial charge in [-0.1, -0.05) is 38.1 Å². The number of halogens is 5. The van der Waals surface area contributed by atoms with Crippen molar-refractivity contribution in [1.29, 1.82) is 0 Å². The van der Waals surface area contributed by atoms with Crippen LogP contribution >= 0.6 is 0 Å². The van der Waals surface area contributed by atoms with Gasteiger partial charge in [-0.15, -0.1) is 0 Å². The topological polar surface area (TPSA) is 33.1 Å². The Bertz CT molecular complexity index is 1140. The first-order valence-corrected chi connectivity index (χ1v) is 10.9. The van der Waals surface area contributed by atoms with Crippen LogP contribution in [0, 0.1) is 5.82 Å². The van der Waals surface area contributed by atoms with Crippen LogP contribution in [0.3, 0.4) is 0 Å². The predicted octanol–water partition coefficient (Wildman–Crippen LogP) is 7.46. The van der Waals surface area contributed by atoms with Crippen molar-refractivity contribution in [1.82, 2.24) is 4.98 Å².